The van der Waals surface area contributed by atoms with Crippen LogP contribution >= 0.6 is 11.6 Å². The van der Waals surface area contributed by atoms with Gasteiger partial charge in [-0.1, -0.05) is 89.1 Å². The van der Waals surface area contributed by atoms with Crippen LogP contribution in [0.15, 0.2) is 47.7 Å². The van der Waals surface area contributed by atoms with E-state index in [1.807, 2.05) is 12.1 Å². The fraction of sp³-hybridized carbons (Fsp3) is 0.696. The minimum Gasteiger partial charge on any atom is -0.480 e. The predicted octanol–water partition coefficient (Wildman–Crippen LogP) is 8.41. The number of benzene rings is 1. The Labute approximate surface area is 339 Å². The molecular formula is C46H66ClN5O4. The molecule has 306 valence electrons. The van der Waals surface area contributed by atoms with Crippen LogP contribution in [-0.4, -0.2) is 86.6 Å². The number of halogens is 1. The van der Waals surface area contributed by atoms with Gasteiger partial charge in [0.1, 0.15) is 12.2 Å². The van der Waals surface area contributed by atoms with Crippen LogP contribution in [-0.2, 0) is 22.7 Å². The molecule has 10 heteroatoms. The van der Waals surface area contributed by atoms with Gasteiger partial charge in [0.25, 0.3) is 0 Å². The molecular weight excluding hydrogens is 722 g/mol. The molecule has 7 rings (SSSR count). The third-order valence-electron chi connectivity index (χ3n) is 16.4. The van der Waals surface area contributed by atoms with E-state index in [1.54, 1.807) is 6.20 Å². The van der Waals surface area contributed by atoms with Gasteiger partial charge in [-0.15, -0.1) is 5.10 Å². The summed E-state index contributed by atoms with van der Waals surface area (Å²) >= 11 is 6.25. The van der Waals surface area contributed by atoms with Crippen molar-refractivity contribution >= 4 is 28.9 Å². The van der Waals surface area contributed by atoms with E-state index in [-0.39, 0.29) is 45.8 Å². The number of Topliss-reactive ketones (excluding diaryl/α,β-unsaturated/α-hetero) is 1. The predicted molar refractivity (Wildman–Crippen MR) is 222 cm³/mol. The Balaban J connectivity index is 1.21. The summed E-state index contributed by atoms with van der Waals surface area (Å²) in [5.41, 5.74) is 4.92. The second-order valence-corrected chi connectivity index (χ2v) is 20.7. The number of carbonyl (C=O) groups is 2. The van der Waals surface area contributed by atoms with Crippen LogP contribution in [0.1, 0.15) is 111 Å². The van der Waals surface area contributed by atoms with Crippen molar-refractivity contribution in [1.82, 2.24) is 24.8 Å². The van der Waals surface area contributed by atoms with Gasteiger partial charge in [0.05, 0.1) is 12.3 Å². The molecule has 3 saturated carbocycles. The molecule has 2 N–H and O–H groups in total. The maximum absolute atomic E-state index is 14.3. The highest BCUT2D eigenvalue weighted by Gasteiger charge is 2.70. The lowest BCUT2D eigenvalue weighted by Gasteiger charge is -2.71. The van der Waals surface area contributed by atoms with Crippen molar-refractivity contribution in [2.75, 3.05) is 33.7 Å². The van der Waals surface area contributed by atoms with Crippen LogP contribution in [0.4, 0.5) is 0 Å². The SMILES string of the molecule is CC(C)C1=C2[C@H]3CC[C@@H]4[C@@]5(C)CC=C(c6cn(CC(=O)O)nn6)C(C)(C)[C@@H]5CC[C@@]4(C)[C@]3(C)CC[C@@]2(C(O)CN(CCN(C)C)Cc2ccc(Cl)cc2)CC1=O. The summed E-state index contributed by atoms with van der Waals surface area (Å²) in [6.45, 7) is 19.6. The van der Waals surface area contributed by atoms with Crippen LogP contribution in [0, 0.1) is 50.7 Å². The Bertz CT molecular complexity index is 1900. The molecule has 9 nitrogen and oxygen atoms in total. The first-order chi connectivity index (χ1) is 26.3. The number of ketones is 1. The number of hydrogen-bond donors (Lipinski definition) is 2. The Morgan fingerprint density at radius 2 is 1.70 bits per heavy atom. The molecule has 2 aromatic rings. The van der Waals surface area contributed by atoms with Crippen molar-refractivity contribution in [2.24, 2.45) is 50.7 Å². The van der Waals surface area contributed by atoms with Crippen LogP contribution < -0.4 is 0 Å². The third-order valence-corrected chi connectivity index (χ3v) is 16.7. The zero-order valence-electron chi connectivity index (χ0n) is 35.4. The van der Waals surface area contributed by atoms with Crippen LogP contribution in [0.5, 0.6) is 0 Å². The average Bonchev–Trinajstić information content (AvgIpc) is 3.69. The number of aliphatic carboxylic acids is 1. The number of nitrogens with zero attached hydrogens (tertiary/aromatic N) is 5. The number of likely N-dealkylation sites (N-methyl/N-ethyl adjacent to an activating group) is 1. The third kappa shape index (κ3) is 6.64. The van der Waals surface area contributed by atoms with E-state index in [2.05, 4.69) is 101 Å². The first-order valence-electron chi connectivity index (χ1n) is 21.2. The van der Waals surface area contributed by atoms with E-state index in [1.165, 1.54) is 21.4 Å². The Hall–Kier alpha value is -2.85. The molecule has 1 aromatic carbocycles. The highest BCUT2D eigenvalue weighted by atomic mass is 35.5. The van der Waals surface area contributed by atoms with Gasteiger partial charge >= 0.3 is 5.97 Å². The number of allylic oxidation sites excluding steroid dienone is 3. The number of aliphatic hydroxyl groups is 1. The Morgan fingerprint density at radius 1 is 0.982 bits per heavy atom. The van der Waals surface area contributed by atoms with Crippen LogP contribution in [0.25, 0.3) is 5.57 Å². The summed E-state index contributed by atoms with van der Waals surface area (Å²) in [5, 5.41) is 31.4. The van der Waals surface area contributed by atoms with Crippen LogP contribution in [0.3, 0.4) is 0 Å². The highest BCUT2D eigenvalue weighted by Crippen LogP contribution is 2.77. The van der Waals surface area contributed by atoms with Gasteiger partial charge in [0, 0.05) is 43.0 Å². The Morgan fingerprint density at radius 3 is 2.36 bits per heavy atom. The summed E-state index contributed by atoms with van der Waals surface area (Å²) in [7, 11) is 4.18. The van der Waals surface area contributed by atoms with E-state index in [9.17, 15) is 19.8 Å². The molecule has 0 amide bonds. The second kappa shape index (κ2) is 14.8. The maximum atomic E-state index is 14.3. The van der Waals surface area contributed by atoms with E-state index < -0.39 is 17.5 Å². The molecule has 1 unspecified atom stereocenters. The molecule has 1 aromatic heterocycles. The highest BCUT2D eigenvalue weighted by molar-refractivity contribution is 6.30. The van der Waals surface area contributed by atoms with Crippen LogP contribution in [0.2, 0.25) is 5.02 Å². The van der Waals surface area contributed by atoms with Crippen molar-refractivity contribution in [1.29, 1.82) is 0 Å². The molecule has 1 heterocycles. The van der Waals surface area contributed by atoms with Gasteiger partial charge in [-0.3, -0.25) is 14.5 Å². The standard InChI is InChI=1S/C46H66ClN5O4/c1-29(2)40-35(53)24-46(38(54)27-51(23-22-50(8)9)25-30-10-12-31(47)13-11-30)21-20-44(6)33(41(40)46)14-15-37-43(5)18-16-32(34-26-52(49-48-34)28-39(55)56)42(3,4)36(43)17-19-45(37,44)7/h10-13,16,26,29,33,36-38,54H,14-15,17-25,27-28H2,1-9H3,(H,55,56)/t33-,36+,37-,38?,43+,44-,45-,46+/m1/s1. The monoisotopic (exact) mass is 787 g/mol. The first-order valence-corrected chi connectivity index (χ1v) is 21.5. The fourth-order valence-electron chi connectivity index (χ4n) is 13.6. The van der Waals surface area contributed by atoms with Gasteiger partial charge in [0.15, 0.2) is 5.78 Å². The quantitative estimate of drug-likeness (QED) is 0.221. The molecule has 0 bridgehead atoms. The number of aromatic nitrogens is 3. The van der Waals surface area contributed by atoms with Gasteiger partial charge in [-0.2, -0.15) is 0 Å². The molecule has 8 atom stereocenters. The number of fused-ring (bicyclic) bond motifs is 7. The lowest BCUT2D eigenvalue weighted by atomic mass is 9.33. The normalized spacial score (nSPS) is 34.3. The molecule has 5 aliphatic rings. The van der Waals surface area contributed by atoms with Gasteiger partial charge < -0.3 is 15.1 Å². The summed E-state index contributed by atoms with van der Waals surface area (Å²) in [6.07, 6.45) is 11.2. The number of carbonyl (C=O) groups excluding carboxylic acids is 1. The minimum absolute atomic E-state index is 0.00517. The molecule has 0 saturated heterocycles. The largest absolute Gasteiger partial charge is 0.480 e. The zero-order chi connectivity index (χ0) is 40.6. The summed E-state index contributed by atoms with van der Waals surface area (Å²) in [4.78, 5) is 30.3. The van der Waals surface area contributed by atoms with Crippen molar-refractivity contribution in [3.8, 4) is 0 Å². The van der Waals surface area contributed by atoms with Crippen molar-refractivity contribution in [2.45, 2.75) is 119 Å². The van der Waals surface area contributed by atoms with Crippen molar-refractivity contribution in [3.05, 3.63) is 64.0 Å². The first kappa shape index (κ1) is 41.3. The van der Waals surface area contributed by atoms with E-state index >= 15 is 0 Å². The number of carboxylic acid groups (broad SMARTS) is 1. The van der Waals surface area contributed by atoms with Gasteiger partial charge in [-0.25, -0.2) is 4.68 Å². The zero-order valence-corrected chi connectivity index (χ0v) is 36.1. The van der Waals surface area contributed by atoms with Gasteiger partial charge in [0.2, 0.25) is 0 Å². The maximum Gasteiger partial charge on any atom is 0.325 e. The summed E-state index contributed by atoms with van der Waals surface area (Å²) in [5.74, 6) is 0.650. The topological polar surface area (TPSA) is 112 Å². The van der Waals surface area contributed by atoms with Crippen molar-refractivity contribution < 1.29 is 19.8 Å². The number of rotatable bonds is 12. The van der Waals surface area contributed by atoms with Gasteiger partial charge in [-0.05, 0) is 133 Å². The molecule has 0 spiro atoms. The molecule has 56 heavy (non-hydrogen) atoms. The number of carboxylic acids is 1. The smallest absolute Gasteiger partial charge is 0.325 e. The lowest BCUT2D eigenvalue weighted by Crippen LogP contribution is -2.64. The Kier molecular flexibility index (Phi) is 10.9. The molecule has 3 fully saturated rings. The summed E-state index contributed by atoms with van der Waals surface area (Å²) < 4.78 is 1.43. The van der Waals surface area contributed by atoms with E-state index in [4.69, 9.17) is 11.6 Å². The number of aliphatic hydroxyl groups excluding tert-OH is 1. The van der Waals surface area contributed by atoms with E-state index in [0.29, 0.717) is 24.8 Å². The molecule has 0 radical (unpaired) electrons. The lowest BCUT2D eigenvalue weighted by molar-refractivity contribution is -0.200. The summed E-state index contributed by atoms with van der Waals surface area (Å²) in [6, 6.07) is 8.03. The second-order valence-electron chi connectivity index (χ2n) is 20.3. The average molecular weight is 789 g/mol. The molecule has 0 aliphatic heterocycles. The fourth-order valence-corrected chi connectivity index (χ4v) is 13.7. The minimum atomic E-state index is -0.926. The van der Waals surface area contributed by atoms with E-state index in [0.717, 1.165) is 80.9 Å². The number of hydrogen-bond acceptors (Lipinski definition) is 7. The van der Waals surface area contributed by atoms with Crippen molar-refractivity contribution in [3.63, 3.8) is 0 Å². The molecule has 5 aliphatic carbocycles.